The van der Waals surface area contributed by atoms with E-state index in [1.165, 1.54) is 16.7 Å². The lowest BCUT2D eigenvalue weighted by Gasteiger charge is -2.27. The molecule has 0 saturated carbocycles. The van der Waals surface area contributed by atoms with Gasteiger partial charge in [-0.25, -0.2) is 0 Å². The van der Waals surface area contributed by atoms with Crippen LogP contribution in [-0.2, 0) is 12.8 Å². The van der Waals surface area contributed by atoms with Gasteiger partial charge in [-0.2, -0.15) is 0 Å². The third-order valence-corrected chi connectivity index (χ3v) is 5.01. The molecule has 0 N–H and O–H groups in total. The van der Waals surface area contributed by atoms with Crippen molar-refractivity contribution >= 4 is 11.6 Å². The molecule has 28 heavy (non-hydrogen) atoms. The van der Waals surface area contributed by atoms with Gasteiger partial charge in [0.25, 0.3) is 0 Å². The second kappa shape index (κ2) is 10.2. The molecule has 0 aromatic heterocycles. The summed E-state index contributed by atoms with van der Waals surface area (Å²) in [4.78, 5) is 0. The van der Waals surface area contributed by atoms with Crippen molar-refractivity contribution in [2.45, 2.75) is 66.7 Å². The zero-order valence-electron chi connectivity index (χ0n) is 18.4. The average Bonchev–Trinajstić information content (AvgIpc) is 2.61. The quantitative estimate of drug-likeness (QED) is 0.397. The Morgan fingerprint density at radius 3 is 1.93 bits per heavy atom. The highest BCUT2D eigenvalue weighted by Crippen LogP contribution is 2.46. The number of hydrogen-bond donors (Lipinski definition) is 0. The minimum Gasteiger partial charge on any atom is -0.490 e. The van der Waals surface area contributed by atoms with Crippen LogP contribution in [0.3, 0.4) is 0 Å². The van der Waals surface area contributed by atoms with Gasteiger partial charge in [0.1, 0.15) is 5.75 Å². The van der Waals surface area contributed by atoms with Gasteiger partial charge in [-0.05, 0) is 74.3 Å². The first-order valence-electron chi connectivity index (χ1n) is 10.4. The van der Waals surface area contributed by atoms with E-state index in [1.54, 1.807) is 0 Å². The average molecular weight is 403 g/mol. The number of ether oxygens (including phenoxy) is 2. The number of rotatable bonds is 9. The molecule has 0 saturated heterocycles. The minimum atomic E-state index is -0.0790. The monoisotopic (exact) mass is 402 g/mol. The fraction of sp³-hybridized carbons (Fsp3) is 0.520. The van der Waals surface area contributed by atoms with Crippen molar-refractivity contribution in [3.05, 3.63) is 52.6 Å². The van der Waals surface area contributed by atoms with E-state index in [4.69, 9.17) is 21.1 Å². The van der Waals surface area contributed by atoms with Crippen molar-refractivity contribution in [2.75, 3.05) is 6.61 Å². The molecule has 3 heteroatoms. The molecule has 0 amide bonds. The van der Waals surface area contributed by atoms with Gasteiger partial charge in [0.2, 0.25) is 0 Å². The Bertz CT molecular complexity index is 764. The van der Waals surface area contributed by atoms with Crippen LogP contribution in [0.15, 0.2) is 30.3 Å². The molecule has 0 aliphatic rings. The summed E-state index contributed by atoms with van der Waals surface area (Å²) in [6.45, 7) is 15.8. The van der Waals surface area contributed by atoms with Crippen molar-refractivity contribution in [1.29, 1.82) is 0 Å². The zero-order chi connectivity index (χ0) is 20.8. The molecule has 154 valence electrons. The van der Waals surface area contributed by atoms with Crippen molar-refractivity contribution < 1.29 is 9.47 Å². The molecular formula is C25H35ClO2. The number of alkyl halides is 1. The highest BCUT2D eigenvalue weighted by molar-refractivity contribution is 6.20. The maximum atomic E-state index is 6.69. The van der Waals surface area contributed by atoms with Crippen LogP contribution in [0.4, 0.5) is 0 Å². The van der Waals surface area contributed by atoms with Gasteiger partial charge < -0.3 is 9.47 Å². The van der Waals surface area contributed by atoms with Crippen LogP contribution in [0, 0.1) is 18.8 Å². The van der Waals surface area contributed by atoms with Crippen LogP contribution in [0.5, 0.6) is 17.2 Å². The number of benzene rings is 2. The van der Waals surface area contributed by atoms with Gasteiger partial charge in [-0.15, -0.1) is 11.6 Å². The van der Waals surface area contributed by atoms with Crippen molar-refractivity contribution in [3.63, 3.8) is 0 Å². The van der Waals surface area contributed by atoms with Gasteiger partial charge in [0.15, 0.2) is 11.5 Å². The predicted molar refractivity (Wildman–Crippen MR) is 120 cm³/mol. The molecule has 0 bridgehead atoms. The number of para-hydroxylation sites is 1. The van der Waals surface area contributed by atoms with E-state index in [-0.39, 0.29) is 5.38 Å². The molecule has 0 aliphatic carbocycles. The zero-order valence-corrected chi connectivity index (χ0v) is 19.2. The maximum Gasteiger partial charge on any atom is 0.173 e. The molecule has 2 aromatic rings. The number of halogens is 1. The van der Waals surface area contributed by atoms with Gasteiger partial charge in [-0.1, -0.05) is 45.9 Å². The van der Waals surface area contributed by atoms with Crippen LogP contribution < -0.4 is 9.47 Å². The van der Waals surface area contributed by atoms with Crippen molar-refractivity contribution in [1.82, 2.24) is 0 Å². The van der Waals surface area contributed by atoms with E-state index < -0.39 is 0 Å². The van der Waals surface area contributed by atoms with E-state index in [0.717, 1.165) is 35.7 Å². The van der Waals surface area contributed by atoms with Crippen molar-refractivity contribution in [3.8, 4) is 17.2 Å². The molecule has 0 heterocycles. The molecule has 0 fully saturated rings. The van der Waals surface area contributed by atoms with Crippen LogP contribution in [0.25, 0.3) is 0 Å². The van der Waals surface area contributed by atoms with Crippen LogP contribution in [0.2, 0.25) is 0 Å². The Hall–Kier alpha value is -1.67. The molecule has 2 nitrogen and oxygen atoms in total. The fourth-order valence-electron chi connectivity index (χ4n) is 3.79. The Morgan fingerprint density at radius 2 is 1.43 bits per heavy atom. The number of hydrogen-bond acceptors (Lipinski definition) is 2. The van der Waals surface area contributed by atoms with E-state index in [0.29, 0.717) is 18.4 Å². The Balaban J connectivity index is 2.81. The Labute approximate surface area is 176 Å². The predicted octanol–water partition coefficient (Wildman–Crippen LogP) is 7.88. The third-order valence-electron chi connectivity index (χ3n) is 4.79. The first-order valence-corrected chi connectivity index (χ1v) is 10.9. The largest absolute Gasteiger partial charge is 0.490 e. The summed E-state index contributed by atoms with van der Waals surface area (Å²) in [5.41, 5.74) is 4.87. The smallest absolute Gasteiger partial charge is 0.173 e. The molecule has 1 unspecified atom stereocenters. The second-order valence-corrected chi connectivity index (χ2v) is 8.97. The van der Waals surface area contributed by atoms with Crippen LogP contribution in [0.1, 0.15) is 69.2 Å². The fourth-order valence-corrected chi connectivity index (χ4v) is 4.09. The molecule has 0 aliphatic heterocycles. The summed E-state index contributed by atoms with van der Waals surface area (Å²) in [7, 11) is 0. The SMILES string of the molecule is CCOc1c(C)c(C(C)Cl)c(CC(C)C)c(CC(C)C)c1Oc1ccccc1. The van der Waals surface area contributed by atoms with Gasteiger partial charge >= 0.3 is 0 Å². The molecule has 0 spiro atoms. The van der Waals surface area contributed by atoms with Crippen LogP contribution in [-0.4, -0.2) is 6.61 Å². The van der Waals surface area contributed by atoms with E-state index >= 15 is 0 Å². The molecule has 2 rings (SSSR count). The second-order valence-electron chi connectivity index (χ2n) is 8.31. The lowest BCUT2D eigenvalue weighted by atomic mass is 9.84. The first kappa shape index (κ1) is 22.6. The maximum absolute atomic E-state index is 6.69. The summed E-state index contributed by atoms with van der Waals surface area (Å²) in [5.74, 6) is 3.55. The highest BCUT2D eigenvalue weighted by Gasteiger charge is 2.27. The summed E-state index contributed by atoms with van der Waals surface area (Å²) < 4.78 is 12.6. The first-order chi connectivity index (χ1) is 13.3. The normalized spacial score (nSPS) is 12.5. The molecule has 0 radical (unpaired) electrons. The van der Waals surface area contributed by atoms with Gasteiger partial charge in [0, 0.05) is 5.56 Å². The third kappa shape index (κ3) is 5.44. The Kier molecular flexibility index (Phi) is 8.24. The molecular weight excluding hydrogens is 368 g/mol. The van der Waals surface area contributed by atoms with E-state index in [1.807, 2.05) is 37.3 Å². The van der Waals surface area contributed by atoms with Crippen LogP contribution >= 0.6 is 11.6 Å². The van der Waals surface area contributed by atoms with Gasteiger partial charge in [0.05, 0.1) is 12.0 Å². The summed E-state index contributed by atoms with van der Waals surface area (Å²) in [6, 6.07) is 9.97. The lowest BCUT2D eigenvalue weighted by Crippen LogP contribution is -2.13. The highest BCUT2D eigenvalue weighted by atomic mass is 35.5. The van der Waals surface area contributed by atoms with Gasteiger partial charge in [-0.3, -0.25) is 0 Å². The lowest BCUT2D eigenvalue weighted by molar-refractivity contribution is 0.316. The summed E-state index contributed by atoms with van der Waals surface area (Å²) in [6.07, 6.45) is 1.91. The summed E-state index contributed by atoms with van der Waals surface area (Å²) >= 11 is 6.69. The Morgan fingerprint density at radius 1 is 0.857 bits per heavy atom. The van der Waals surface area contributed by atoms with E-state index in [2.05, 4.69) is 41.5 Å². The molecule has 1 atom stereocenters. The standard InChI is InChI=1S/C25H35ClO2/c1-8-27-24-18(6)23(19(7)26)21(14-16(2)3)22(15-17(4)5)25(24)28-20-12-10-9-11-13-20/h9-13,16-17,19H,8,14-15H2,1-7H3. The topological polar surface area (TPSA) is 18.5 Å². The minimum absolute atomic E-state index is 0.0790. The summed E-state index contributed by atoms with van der Waals surface area (Å²) in [5, 5.41) is -0.0790. The van der Waals surface area contributed by atoms with E-state index in [9.17, 15) is 0 Å². The van der Waals surface area contributed by atoms with Crippen molar-refractivity contribution in [2.24, 2.45) is 11.8 Å². The molecule has 2 aromatic carbocycles.